The van der Waals surface area contributed by atoms with E-state index in [2.05, 4.69) is 10.1 Å². The first-order chi connectivity index (χ1) is 14.4. The molecular weight excluding hydrogens is 396 g/mol. The number of fused-ring (bicyclic) bond motifs is 1. The fourth-order valence-corrected chi connectivity index (χ4v) is 4.19. The third kappa shape index (κ3) is 3.65. The molecule has 0 fully saturated rings. The summed E-state index contributed by atoms with van der Waals surface area (Å²) in [6.07, 6.45) is 0. The average Bonchev–Trinajstić information content (AvgIpc) is 3.22. The molecule has 4 rings (SSSR count). The van der Waals surface area contributed by atoms with E-state index in [-0.39, 0.29) is 16.7 Å². The number of nitrogens with zero attached hydrogens (tertiary/aromatic N) is 4. The minimum atomic E-state index is -0.158. The first kappa shape index (κ1) is 20.3. The molecular formula is C23H24N4O2S. The van der Waals surface area contributed by atoms with Gasteiger partial charge in [-0.15, -0.1) is 0 Å². The van der Waals surface area contributed by atoms with Crippen molar-refractivity contribution in [2.24, 2.45) is 0 Å². The highest BCUT2D eigenvalue weighted by atomic mass is 32.2. The summed E-state index contributed by atoms with van der Waals surface area (Å²) in [5.41, 5.74) is 3.59. The number of rotatable bonds is 5. The quantitative estimate of drug-likeness (QED) is 0.319. The molecule has 0 N–H and O–H groups in total. The summed E-state index contributed by atoms with van der Waals surface area (Å²) in [5.74, 6) is 1.39. The monoisotopic (exact) mass is 420 g/mol. The number of benzene rings is 2. The molecule has 0 bridgehead atoms. The zero-order chi connectivity index (χ0) is 21.4. The summed E-state index contributed by atoms with van der Waals surface area (Å²) in [4.78, 5) is 22.8. The minimum absolute atomic E-state index is 0.0857. The standard InChI is InChI=1S/C23H24N4O2S/c1-13(2)20-25-21(29-26-20)16(5)30-23-24-18-11-7-6-10-17(18)22(28)27(23)19-12-8-9-14(3)15(19)4/h6-13,16H,1-5H3. The summed E-state index contributed by atoms with van der Waals surface area (Å²) < 4.78 is 7.17. The normalized spacial score (nSPS) is 12.6. The van der Waals surface area contributed by atoms with Crippen LogP contribution in [0.2, 0.25) is 0 Å². The van der Waals surface area contributed by atoms with E-state index in [9.17, 15) is 4.79 Å². The van der Waals surface area contributed by atoms with Crippen LogP contribution in [0.25, 0.3) is 16.6 Å². The Kier molecular flexibility index (Phi) is 5.47. The predicted octanol–water partition coefficient (Wildman–Crippen LogP) is 5.36. The molecule has 0 saturated heterocycles. The highest BCUT2D eigenvalue weighted by molar-refractivity contribution is 7.99. The van der Waals surface area contributed by atoms with Gasteiger partial charge in [-0.2, -0.15) is 4.98 Å². The van der Waals surface area contributed by atoms with Crippen LogP contribution in [0, 0.1) is 13.8 Å². The molecule has 1 atom stereocenters. The highest BCUT2D eigenvalue weighted by Gasteiger charge is 2.22. The van der Waals surface area contributed by atoms with Crippen molar-refractivity contribution in [2.45, 2.75) is 50.9 Å². The molecule has 30 heavy (non-hydrogen) atoms. The van der Waals surface area contributed by atoms with Gasteiger partial charge in [0.15, 0.2) is 11.0 Å². The second kappa shape index (κ2) is 8.07. The average molecular weight is 421 g/mol. The summed E-state index contributed by atoms with van der Waals surface area (Å²) in [6.45, 7) is 10.1. The van der Waals surface area contributed by atoms with Crippen LogP contribution in [0.5, 0.6) is 0 Å². The Morgan fingerprint density at radius 1 is 1.00 bits per heavy atom. The van der Waals surface area contributed by atoms with Crippen LogP contribution < -0.4 is 5.56 Å². The zero-order valence-electron chi connectivity index (χ0n) is 17.7. The zero-order valence-corrected chi connectivity index (χ0v) is 18.5. The molecule has 4 aromatic rings. The van der Waals surface area contributed by atoms with Gasteiger partial charge in [0.05, 0.1) is 21.8 Å². The second-order valence-electron chi connectivity index (χ2n) is 7.68. The van der Waals surface area contributed by atoms with Gasteiger partial charge in [-0.25, -0.2) is 4.98 Å². The predicted molar refractivity (Wildman–Crippen MR) is 119 cm³/mol. The Labute approximate surface area is 179 Å². The first-order valence-electron chi connectivity index (χ1n) is 9.95. The second-order valence-corrected chi connectivity index (χ2v) is 8.98. The molecule has 6 nitrogen and oxygen atoms in total. The number of para-hydroxylation sites is 1. The lowest BCUT2D eigenvalue weighted by atomic mass is 10.1. The van der Waals surface area contributed by atoms with Gasteiger partial charge < -0.3 is 4.52 Å². The van der Waals surface area contributed by atoms with E-state index in [4.69, 9.17) is 9.51 Å². The van der Waals surface area contributed by atoms with E-state index < -0.39 is 0 Å². The van der Waals surface area contributed by atoms with Crippen molar-refractivity contribution in [2.75, 3.05) is 0 Å². The molecule has 1 unspecified atom stereocenters. The topological polar surface area (TPSA) is 73.8 Å². The molecule has 2 aromatic carbocycles. The van der Waals surface area contributed by atoms with Crippen molar-refractivity contribution in [3.05, 3.63) is 75.7 Å². The Morgan fingerprint density at radius 2 is 1.77 bits per heavy atom. The number of aromatic nitrogens is 4. The van der Waals surface area contributed by atoms with Gasteiger partial charge in [0.1, 0.15) is 0 Å². The lowest BCUT2D eigenvalue weighted by Gasteiger charge is -2.17. The molecule has 0 radical (unpaired) electrons. The minimum Gasteiger partial charge on any atom is -0.338 e. The molecule has 0 aliphatic rings. The Balaban J connectivity index is 1.87. The Hall–Kier alpha value is -2.93. The maximum absolute atomic E-state index is 13.5. The number of aryl methyl sites for hydroxylation is 1. The van der Waals surface area contributed by atoms with Crippen LogP contribution >= 0.6 is 11.8 Å². The van der Waals surface area contributed by atoms with Crippen molar-refractivity contribution < 1.29 is 4.52 Å². The highest BCUT2D eigenvalue weighted by Crippen LogP contribution is 2.35. The largest absolute Gasteiger partial charge is 0.338 e. The van der Waals surface area contributed by atoms with E-state index in [1.165, 1.54) is 11.8 Å². The smallest absolute Gasteiger partial charge is 0.266 e. The Bertz CT molecular complexity index is 1280. The van der Waals surface area contributed by atoms with Crippen molar-refractivity contribution in [1.82, 2.24) is 19.7 Å². The fourth-order valence-electron chi connectivity index (χ4n) is 3.24. The van der Waals surface area contributed by atoms with Gasteiger partial charge in [-0.05, 0) is 50.1 Å². The molecule has 154 valence electrons. The number of hydrogen-bond acceptors (Lipinski definition) is 6. The summed E-state index contributed by atoms with van der Waals surface area (Å²) >= 11 is 1.44. The van der Waals surface area contributed by atoms with Gasteiger partial charge >= 0.3 is 0 Å². The van der Waals surface area contributed by atoms with Crippen LogP contribution in [-0.2, 0) is 0 Å². The molecule has 2 heterocycles. The maximum Gasteiger partial charge on any atom is 0.266 e. The van der Waals surface area contributed by atoms with Gasteiger partial charge in [-0.3, -0.25) is 9.36 Å². The van der Waals surface area contributed by atoms with Crippen molar-refractivity contribution in [3.8, 4) is 5.69 Å². The van der Waals surface area contributed by atoms with Crippen molar-refractivity contribution in [1.29, 1.82) is 0 Å². The Morgan fingerprint density at radius 3 is 2.50 bits per heavy atom. The molecule has 7 heteroatoms. The van der Waals surface area contributed by atoms with Gasteiger partial charge in [0.2, 0.25) is 5.89 Å². The summed E-state index contributed by atoms with van der Waals surface area (Å²) in [5, 5.41) is 5.10. The van der Waals surface area contributed by atoms with E-state index in [1.807, 2.05) is 77.1 Å². The third-order valence-electron chi connectivity index (χ3n) is 5.17. The van der Waals surface area contributed by atoms with Crippen molar-refractivity contribution >= 4 is 22.7 Å². The molecule has 0 aliphatic heterocycles. The molecule has 2 aromatic heterocycles. The molecule has 0 saturated carbocycles. The lowest BCUT2D eigenvalue weighted by Crippen LogP contribution is -2.23. The van der Waals surface area contributed by atoms with Gasteiger partial charge in [0.25, 0.3) is 5.56 Å². The van der Waals surface area contributed by atoms with Gasteiger partial charge in [-0.1, -0.05) is 55.0 Å². The maximum atomic E-state index is 13.5. The van der Waals surface area contributed by atoms with Crippen LogP contribution in [0.15, 0.2) is 56.9 Å². The fraction of sp³-hybridized carbons (Fsp3) is 0.304. The van der Waals surface area contributed by atoms with E-state index >= 15 is 0 Å². The van der Waals surface area contributed by atoms with E-state index in [0.717, 1.165) is 16.8 Å². The summed E-state index contributed by atoms with van der Waals surface area (Å²) in [7, 11) is 0. The number of hydrogen-bond donors (Lipinski definition) is 0. The summed E-state index contributed by atoms with van der Waals surface area (Å²) in [6, 6.07) is 13.4. The van der Waals surface area contributed by atoms with Crippen molar-refractivity contribution in [3.63, 3.8) is 0 Å². The van der Waals surface area contributed by atoms with Crippen LogP contribution in [-0.4, -0.2) is 19.7 Å². The van der Waals surface area contributed by atoms with E-state index in [0.29, 0.717) is 27.8 Å². The van der Waals surface area contributed by atoms with Crippen LogP contribution in [0.1, 0.15) is 54.8 Å². The van der Waals surface area contributed by atoms with Crippen LogP contribution in [0.3, 0.4) is 0 Å². The molecule has 0 spiro atoms. The third-order valence-corrected chi connectivity index (χ3v) is 6.21. The lowest BCUT2D eigenvalue weighted by molar-refractivity contribution is 0.373. The molecule has 0 aliphatic carbocycles. The first-order valence-corrected chi connectivity index (χ1v) is 10.8. The number of thioether (sulfide) groups is 1. The molecule has 0 amide bonds. The van der Waals surface area contributed by atoms with E-state index in [1.54, 1.807) is 4.57 Å². The van der Waals surface area contributed by atoms with Crippen LogP contribution in [0.4, 0.5) is 0 Å². The SMILES string of the molecule is Cc1cccc(-n2c(SC(C)c3nc(C(C)C)no3)nc3ccccc3c2=O)c1C. The van der Waals surface area contributed by atoms with Gasteiger partial charge in [0, 0.05) is 5.92 Å².